The molecule has 21 heavy (non-hydrogen) atoms. The maximum atomic E-state index is 11.8. The fraction of sp³-hybridized carbons (Fsp3) is 0.429. The Morgan fingerprint density at radius 2 is 1.81 bits per heavy atom. The number of nitrogens with one attached hydrogen (secondary N) is 3. The Morgan fingerprint density at radius 1 is 1.19 bits per heavy atom. The lowest BCUT2D eigenvalue weighted by Crippen LogP contribution is -2.38. The molecule has 7 heteroatoms. The SMILES string of the molecule is CCCNC(=NC)NCCC(=O)Nc1ccc(Br)cc1.I. The van der Waals surface area contributed by atoms with Crippen LogP contribution in [0, 0.1) is 0 Å². The molecule has 0 aliphatic heterocycles. The molecule has 0 radical (unpaired) electrons. The zero-order chi connectivity index (χ0) is 14.8. The minimum atomic E-state index is -0.0224. The third kappa shape index (κ3) is 8.92. The van der Waals surface area contributed by atoms with E-state index in [2.05, 4.69) is 43.8 Å². The summed E-state index contributed by atoms with van der Waals surface area (Å²) in [5.74, 6) is 0.703. The first kappa shape index (κ1) is 20.2. The molecule has 118 valence electrons. The minimum absolute atomic E-state index is 0. The van der Waals surface area contributed by atoms with Gasteiger partial charge in [0, 0.05) is 36.7 Å². The number of carbonyl (C=O) groups excluding carboxylic acids is 1. The molecule has 1 amide bonds. The first-order chi connectivity index (χ1) is 9.65. The predicted molar refractivity (Wildman–Crippen MR) is 102 cm³/mol. The summed E-state index contributed by atoms with van der Waals surface area (Å²) in [5.41, 5.74) is 0.798. The minimum Gasteiger partial charge on any atom is -0.356 e. The zero-order valence-corrected chi connectivity index (χ0v) is 16.2. The summed E-state index contributed by atoms with van der Waals surface area (Å²) in [5, 5.41) is 9.10. The summed E-state index contributed by atoms with van der Waals surface area (Å²) in [4.78, 5) is 15.8. The zero-order valence-electron chi connectivity index (χ0n) is 12.3. The molecule has 0 saturated carbocycles. The largest absolute Gasteiger partial charge is 0.356 e. The van der Waals surface area contributed by atoms with Crippen molar-refractivity contribution >= 4 is 57.5 Å². The van der Waals surface area contributed by atoms with Gasteiger partial charge in [-0.1, -0.05) is 22.9 Å². The third-order valence-corrected chi connectivity index (χ3v) is 3.07. The number of hydrogen-bond donors (Lipinski definition) is 3. The molecule has 0 aliphatic carbocycles. The number of amides is 1. The fourth-order valence-electron chi connectivity index (χ4n) is 1.52. The molecule has 1 aromatic carbocycles. The van der Waals surface area contributed by atoms with Gasteiger partial charge < -0.3 is 16.0 Å². The van der Waals surface area contributed by atoms with Gasteiger partial charge in [0.05, 0.1) is 0 Å². The van der Waals surface area contributed by atoms with Gasteiger partial charge >= 0.3 is 0 Å². The van der Waals surface area contributed by atoms with E-state index >= 15 is 0 Å². The number of aliphatic imine (C=N–C) groups is 1. The number of benzene rings is 1. The van der Waals surface area contributed by atoms with E-state index in [4.69, 9.17) is 0 Å². The molecule has 0 heterocycles. The Kier molecular flexibility index (Phi) is 11.3. The van der Waals surface area contributed by atoms with Gasteiger partial charge in [0.15, 0.2) is 5.96 Å². The van der Waals surface area contributed by atoms with Crippen molar-refractivity contribution in [2.24, 2.45) is 4.99 Å². The molecule has 0 unspecified atom stereocenters. The van der Waals surface area contributed by atoms with E-state index in [0.717, 1.165) is 29.1 Å². The summed E-state index contributed by atoms with van der Waals surface area (Å²) in [6.45, 7) is 3.50. The number of carbonyl (C=O) groups is 1. The Bertz CT molecular complexity index is 451. The smallest absolute Gasteiger partial charge is 0.226 e. The first-order valence-electron chi connectivity index (χ1n) is 6.65. The maximum Gasteiger partial charge on any atom is 0.226 e. The molecule has 0 aromatic heterocycles. The van der Waals surface area contributed by atoms with E-state index in [9.17, 15) is 4.79 Å². The van der Waals surface area contributed by atoms with Crippen LogP contribution < -0.4 is 16.0 Å². The van der Waals surface area contributed by atoms with E-state index in [1.54, 1.807) is 7.05 Å². The van der Waals surface area contributed by atoms with E-state index in [1.165, 1.54) is 0 Å². The van der Waals surface area contributed by atoms with Crippen LogP contribution in [-0.2, 0) is 4.79 Å². The van der Waals surface area contributed by atoms with Crippen molar-refractivity contribution in [3.05, 3.63) is 28.7 Å². The predicted octanol–water partition coefficient (Wildman–Crippen LogP) is 2.97. The molecule has 0 saturated heterocycles. The molecule has 0 fully saturated rings. The normalized spacial score (nSPS) is 10.5. The van der Waals surface area contributed by atoms with Crippen LogP contribution in [0.5, 0.6) is 0 Å². The average Bonchev–Trinajstić information content (AvgIpc) is 2.45. The van der Waals surface area contributed by atoms with Gasteiger partial charge in [0.2, 0.25) is 5.91 Å². The lowest BCUT2D eigenvalue weighted by molar-refractivity contribution is -0.116. The molecular formula is C14H22BrIN4O. The van der Waals surface area contributed by atoms with Gasteiger partial charge in [-0.15, -0.1) is 24.0 Å². The van der Waals surface area contributed by atoms with Crippen molar-refractivity contribution in [2.75, 3.05) is 25.5 Å². The molecular weight excluding hydrogens is 447 g/mol. The third-order valence-electron chi connectivity index (χ3n) is 2.54. The van der Waals surface area contributed by atoms with Crippen LogP contribution >= 0.6 is 39.9 Å². The van der Waals surface area contributed by atoms with Gasteiger partial charge in [-0.3, -0.25) is 9.79 Å². The lowest BCUT2D eigenvalue weighted by atomic mass is 10.3. The highest BCUT2D eigenvalue weighted by molar-refractivity contribution is 14.0. The van der Waals surface area contributed by atoms with Crippen LogP contribution in [0.2, 0.25) is 0 Å². The van der Waals surface area contributed by atoms with E-state index < -0.39 is 0 Å². The van der Waals surface area contributed by atoms with Gasteiger partial charge in [-0.2, -0.15) is 0 Å². The van der Waals surface area contributed by atoms with Crippen LogP contribution in [0.1, 0.15) is 19.8 Å². The summed E-state index contributed by atoms with van der Waals surface area (Å²) < 4.78 is 0.989. The second-order valence-electron chi connectivity index (χ2n) is 4.23. The Labute approximate surface area is 151 Å². The van der Waals surface area contributed by atoms with E-state index in [1.807, 2.05) is 24.3 Å². The van der Waals surface area contributed by atoms with Crippen LogP contribution in [0.25, 0.3) is 0 Å². The molecule has 0 spiro atoms. The van der Waals surface area contributed by atoms with Crippen LogP contribution in [0.15, 0.2) is 33.7 Å². The fourth-order valence-corrected chi connectivity index (χ4v) is 1.78. The highest BCUT2D eigenvalue weighted by atomic mass is 127. The molecule has 5 nitrogen and oxygen atoms in total. The van der Waals surface area contributed by atoms with Crippen LogP contribution in [0.4, 0.5) is 5.69 Å². The molecule has 0 bridgehead atoms. The van der Waals surface area contributed by atoms with Gasteiger partial charge in [-0.05, 0) is 30.7 Å². The quantitative estimate of drug-likeness (QED) is 0.341. The maximum absolute atomic E-state index is 11.8. The lowest BCUT2D eigenvalue weighted by Gasteiger charge is -2.11. The number of anilines is 1. The Morgan fingerprint density at radius 3 is 2.38 bits per heavy atom. The second kappa shape index (κ2) is 11.8. The molecule has 1 rings (SSSR count). The molecule has 0 aliphatic rings. The van der Waals surface area contributed by atoms with Crippen LogP contribution in [-0.4, -0.2) is 32.0 Å². The Balaban J connectivity index is 0.00000400. The van der Waals surface area contributed by atoms with E-state index in [0.29, 0.717) is 13.0 Å². The van der Waals surface area contributed by atoms with Crippen molar-refractivity contribution < 1.29 is 4.79 Å². The first-order valence-corrected chi connectivity index (χ1v) is 7.45. The summed E-state index contributed by atoms with van der Waals surface area (Å²) >= 11 is 3.36. The van der Waals surface area contributed by atoms with Gasteiger partial charge in [0.1, 0.15) is 0 Å². The monoisotopic (exact) mass is 468 g/mol. The standard InChI is InChI=1S/C14H21BrN4O.HI/c1-3-9-17-14(16-2)18-10-8-13(20)19-12-6-4-11(15)5-7-12;/h4-7H,3,8-10H2,1-2H3,(H,19,20)(H2,16,17,18);1H. The number of hydrogen-bond acceptors (Lipinski definition) is 2. The van der Waals surface area contributed by atoms with Crippen molar-refractivity contribution in [3.63, 3.8) is 0 Å². The highest BCUT2D eigenvalue weighted by Gasteiger charge is 2.03. The van der Waals surface area contributed by atoms with Crippen molar-refractivity contribution in [1.29, 1.82) is 0 Å². The van der Waals surface area contributed by atoms with Gasteiger partial charge in [0.25, 0.3) is 0 Å². The summed E-state index contributed by atoms with van der Waals surface area (Å²) in [6.07, 6.45) is 1.42. The summed E-state index contributed by atoms with van der Waals surface area (Å²) in [6, 6.07) is 7.50. The summed E-state index contributed by atoms with van der Waals surface area (Å²) in [7, 11) is 1.72. The molecule has 0 atom stereocenters. The van der Waals surface area contributed by atoms with Crippen LogP contribution in [0.3, 0.4) is 0 Å². The number of rotatable bonds is 6. The highest BCUT2D eigenvalue weighted by Crippen LogP contribution is 2.14. The van der Waals surface area contributed by atoms with E-state index in [-0.39, 0.29) is 29.9 Å². The number of halogens is 2. The average molecular weight is 469 g/mol. The second-order valence-corrected chi connectivity index (χ2v) is 5.15. The number of guanidine groups is 1. The van der Waals surface area contributed by atoms with Crippen molar-refractivity contribution in [1.82, 2.24) is 10.6 Å². The van der Waals surface area contributed by atoms with Crippen molar-refractivity contribution in [2.45, 2.75) is 19.8 Å². The number of nitrogens with zero attached hydrogens (tertiary/aromatic N) is 1. The molecule has 1 aromatic rings. The topological polar surface area (TPSA) is 65.5 Å². The van der Waals surface area contributed by atoms with Crippen molar-refractivity contribution in [3.8, 4) is 0 Å². The Hall–Kier alpha value is -0.830. The molecule has 3 N–H and O–H groups in total. The van der Waals surface area contributed by atoms with Gasteiger partial charge in [-0.25, -0.2) is 0 Å².